The first-order valence-electron chi connectivity index (χ1n) is 7.79. The van der Waals surface area contributed by atoms with E-state index in [0.717, 1.165) is 11.3 Å². The Bertz CT molecular complexity index is 777. The summed E-state index contributed by atoms with van der Waals surface area (Å²) in [5.41, 5.74) is 3.61. The second-order valence-corrected chi connectivity index (χ2v) is 5.93. The zero-order valence-corrected chi connectivity index (χ0v) is 13.5. The molecule has 0 aliphatic carbocycles. The van der Waals surface area contributed by atoms with Gasteiger partial charge < -0.3 is 10.6 Å². The summed E-state index contributed by atoms with van der Waals surface area (Å²) in [7, 11) is 0. The van der Waals surface area contributed by atoms with Crippen molar-refractivity contribution >= 4 is 17.5 Å². The van der Waals surface area contributed by atoms with Crippen molar-refractivity contribution in [2.75, 3.05) is 5.32 Å². The van der Waals surface area contributed by atoms with Crippen molar-refractivity contribution in [3.05, 3.63) is 46.8 Å². The SMILES string of the molecule is CCn1nc(C(C)C)cc1C(=O)Nc1ccc2c(c1)C(=O)NC2. The Hall–Kier alpha value is -2.63. The van der Waals surface area contributed by atoms with Gasteiger partial charge in [-0.15, -0.1) is 0 Å². The van der Waals surface area contributed by atoms with Crippen LogP contribution in [0.5, 0.6) is 0 Å². The highest BCUT2D eigenvalue weighted by Crippen LogP contribution is 2.21. The number of fused-ring (bicyclic) bond motifs is 1. The number of hydrogen-bond acceptors (Lipinski definition) is 3. The molecule has 2 heterocycles. The molecule has 1 aliphatic heterocycles. The minimum Gasteiger partial charge on any atom is -0.348 e. The Morgan fingerprint density at radius 1 is 1.39 bits per heavy atom. The second kappa shape index (κ2) is 5.87. The molecule has 23 heavy (non-hydrogen) atoms. The summed E-state index contributed by atoms with van der Waals surface area (Å²) in [5.74, 6) is -0.0561. The molecular formula is C17H20N4O2. The molecule has 0 bridgehead atoms. The quantitative estimate of drug-likeness (QED) is 0.911. The lowest BCUT2D eigenvalue weighted by molar-refractivity contribution is 0.0963. The molecule has 1 aromatic carbocycles. The van der Waals surface area contributed by atoms with Crippen LogP contribution in [0, 0.1) is 0 Å². The third-order valence-corrected chi connectivity index (χ3v) is 3.97. The molecule has 120 valence electrons. The Kier molecular flexibility index (Phi) is 3.90. The van der Waals surface area contributed by atoms with Gasteiger partial charge in [-0.3, -0.25) is 14.3 Å². The van der Waals surface area contributed by atoms with Crippen LogP contribution in [0.25, 0.3) is 0 Å². The van der Waals surface area contributed by atoms with Crippen LogP contribution in [0.15, 0.2) is 24.3 Å². The highest BCUT2D eigenvalue weighted by molar-refractivity contribution is 6.05. The molecular weight excluding hydrogens is 292 g/mol. The molecule has 1 aromatic heterocycles. The lowest BCUT2D eigenvalue weighted by Gasteiger charge is -2.07. The van der Waals surface area contributed by atoms with E-state index < -0.39 is 0 Å². The van der Waals surface area contributed by atoms with Crippen LogP contribution in [-0.4, -0.2) is 21.6 Å². The van der Waals surface area contributed by atoms with Gasteiger partial charge in [-0.2, -0.15) is 5.10 Å². The first kappa shape index (κ1) is 15.3. The standard InChI is InChI=1S/C17H20N4O2/c1-4-21-15(8-14(20-21)10(2)3)17(23)19-12-6-5-11-9-18-16(22)13(11)7-12/h5-8,10H,4,9H2,1-3H3,(H,18,22)(H,19,23). The van der Waals surface area contributed by atoms with Crippen LogP contribution < -0.4 is 10.6 Å². The Morgan fingerprint density at radius 3 is 2.87 bits per heavy atom. The number of nitrogens with zero attached hydrogens (tertiary/aromatic N) is 2. The van der Waals surface area contributed by atoms with Crippen molar-refractivity contribution < 1.29 is 9.59 Å². The molecule has 0 saturated heterocycles. The van der Waals surface area contributed by atoms with Gasteiger partial charge in [-0.1, -0.05) is 19.9 Å². The predicted octanol–water partition coefficient (Wildman–Crippen LogP) is 2.52. The van der Waals surface area contributed by atoms with Gasteiger partial charge >= 0.3 is 0 Å². The maximum absolute atomic E-state index is 12.5. The van der Waals surface area contributed by atoms with Gasteiger partial charge in [0.15, 0.2) is 0 Å². The molecule has 0 radical (unpaired) electrons. The summed E-state index contributed by atoms with van der Waals surface area (Å²) in [6, 6.07) is 7.21. The van der Waals surface area contributed by atoms with Gasteiger partial charge in [-0.25, -0.2) is 0 Å². The number of aromatic nitrogens is 2. The summed E-state index contributed by atoms with van der Waals surface area (Å²) in [5, 5.41) is 10.1. The van der Waals surface area contributed by atoms with Crippen molar-refractivity contribution in [3.63, 3.8) is 0 Å². The number of nitrogens with one attached hydrogen (secondary N) is 2. The topological polar surface area (TPSA) is 76.0 Å². The minimum absolute atomic E-state index is 0.100. The van der Waals surface area contributed by atoms with Crippen LogP contribution in [0.4, 0.5) is 5.69 Å². The van der Waals surface area contributed by atoms with Gasteiger partial charge in [0, 0.05) is 24.3 Å². The molecule has 0 saturated carbocycles. The second-order valence-electron chi connectivity index (χ2n) is 5.93. The number of aryl methyl sites for hydroxylation is 1. The average Bonchev–Trinajstić information content (AvgIpc) is 3.12. The molecule has 2 amide bonds. The maximum Gasteiger partial charge on any atom is 0.273 e. The summed E-state index contributed by atoms with van der Waals surface area (Å²) < 4.78 is 1.70. The van der Waals surface area contributed by atoms with Gasteiger partial charge in [-0.05, 0) is 36.6 Å². The third kappa shape index (κ3) is 2.84. The first-order valence-corrected chi connectivity index (χ1v) is 7.79. The van der Waals surface area contributed by atoms with E-state index in [2.05, 4.69) is 15.7 Å². The van der Waals surface area contributed by atoms with E-state index in [1.807, 2.05) is 39.0 Å². The number of carbonyl (C=O) groups excluding carboxylic acids is 2. The van der Waals surface area contributed by atoms with Crippen LogP contribution in [-0.2, 0) is 13.1 Å². The van der Waals surface area contributed by atoms with E-state index in [4.69, 9.17) is 0 Å². The summed E-state index contributed by atoms with van der Waals surface area (Å²) in [6.07, 6.45) is 0. The van der Waals surface area contributed by atoms with Crippen molar-refractivity contribution in [1.82, 2.24) is 15.1 Å². The fourth-order valence-corrected chi connectivity index (χ4v) is 2.63. The van der Waals surface area contributed by atoms with E-state index in [9.17, 15) is 9.59 Å². The minimum atomic E-state index is -0.218. The molecule has 3 rings (SSSR count). The van der Waals surface area contributed by atoms with Crippen molar-refractivity contribution in [1.29, 1.82) is 0 Å². The average molecular weight is 312 g/mol. The Balaban J connectivity index is 1.85. The zero-order valence-electron chi connectivity index (χ0n) is 13.5. The largest absolute Gasteiger partial charge is 0.348 e. The smallest absolute Gasteiger partial charge is 0.273 e. The molecule has 6 heteroatoms. The Morgan fingerprint density at radius 2 is 2.17 bits per heavy atom. The van der Waals surface area contributed by atoms with Crippen LogP contribution in [0.2, 0.25) is 0 Å². The highest BCUT2D eigenvalue weighted by Gasteiger charge is 2.20. The van der Waals surface area contributed by atoms with Gasteiger partial charge in [0.2, 0.25) is 0 Å². The third-order valence-electron chi connectivity index (χ3n) is 3.97. The molecule has 6 nitrogen and oxygen atoms in total. The fourth-order valence-electron chi connectivity index (χ4n) is 2.63. The van der Waals surface area contributed by atoms with E-state index >= 15 is 0 Å². The van der Waals surface area contributed by atoms with Crippen LogP contribution in [0.3, 0.4) is 0 Å². The summed E-state index contributed by atoms with van der Waals surface area (Å²) in [4.78, 5) is 24.3. The number of carbonyl (C=O) groups is 2. The monoisotopic (exact) mass is 312 g/mol. The molecule has 2 N–H and O–H groups in total. The summed E-state index contributed by atoms with van der Waals surface area (Å²) in [6.45, 7) is 7.21. The van der Waals surface area contributed by atoms with E-state index in [1.54, 1.807) is 10.7 Å². The van der Waals surface area contributed by atoms with E-state index in [-0.39, 0.29) is 17.7 Å². The number of anilines is 1. The molecule has 0 spiro atoms. The Labute approximate surface area is 134 Å². The normalized spacial score (nSPS) is 13.1. The first-order chi connectivity index (χ1) is 11.0. The molecule has 0 fully saturated rings. The van der Waals surface area contributed by atoms with Gasteiger partial charge in [0.05, 0.1) is 5.69 Å². The number of amides is 2. The highest BCUT2D eigenvalue weighted by atomic mass is 16.2. The number of rotatable bonds is 4. The van der Waals surface area contributed by atoms with Gasteiger partial charge in [0.25, 0.3) is 11.8 Å². The van der Waals surface area contributed by atoms with Gasteiger partial charge in [0.1, 0.15) is 5.69 Å². The lowest BCUT2D eigenvalue weighted by Crippen LogP contribution is -2.17. The van der Waals surface area contributed by atoms with E-state index in [1.165, 1.54) is 0 Å². The van der Waals surface area contributed by atoms with Crippen molar-refractivity contribution in [3.8, 4) is 0 Å². The van der Waals surface area contributed by atoms with Crippen LogP contribution in [0.1, 0.15) is 58.8 Å². The zero-order chi connectivity index (χ0) is 16.6. The molecule has 0 unspecified atom stereocenters. The molecule has 2 aromatic rings. The van der Waals surface area contributed by atoms with Crippen molar-refractivity contribution in [2.24, 2.45) is 0 Å². The van der Waals surface area contributed by atoms with Crippen molar-refractivity contribution in [2.45, 2.75) is 39.8 Å². The molecule has 0 atom stereocenters. The predicted molar refractivity (Wildman–Crippen MR) is 87.6 cm³/mol. The lowest BCUT2D eigenvalue weighted by atomic mass is 10.1. The fraction of sp³-hybridized carbons (Fsp3) is 0.353. The van der Waals surface area contributed by atoms with Crippen LogP contribution >= 0.6 is 0 Å². The molecule has 1 aliphatic rings. The maximum atomic E-state index is 12.5. The summed E-state index contributed by atoms with van der Waals surface area (Å²) >= 11 is 0. The number of benzene rings is 1. The van der Waals surface area contributed by atoms with E-state index in [0.29, 0.717) is 30.0 Å². The number of hydrogen-bond donors (Lipinski definition) is 2.